The summed E-state index contributed by atoms with van der Waals surface area (Å²) < 4.78 is 38.1. The van der Waals surface area contributed by atoms with Crippen molar-refractivity contribution in [3.63, 3.8) is 0 Å². The SMILES string of the molecule is O=C(O)c1ccc(N2CCN=C2Sc2ncc(C(F)(F)F)cc2Cl)cc1. The van der Waals surface area contributed by atoms with Crippen LogP contribution in [0.2, 0.25) is 5.02 Å². The number of aromatic carboxylic acids is 1. The van der Waals surface area contributed by atoms with Crippen LogP contribution in [0.15, 0.2) is 46.5 Å². The van der Waals surface area contributed by atoms with Crippen LogP contribution in [0.1, 0.15) is 15.9 Å². The minimum Gasteiger partial charge on any atom is -0.478 e. The number of thioether (sulfide) groups is 1. The van der Waals surface area contributed by atoms with E-state index >= 15 is 0 Å². The van der Waals surface area contributed by atoms with E-state index in [1.807, 2.05) is 4.90 Å². The molecule has 0 radical (unpaired) electrons. The van der Waals surface area contributed by atoms with Gasteiger partial charge in [0.1, 0.15) is 5.03 Å². The van der Waals surface area contributed by atoms with Crippen molar-refractivity contribution >= 4 is 40.2 Å². The van der Waals surface area contributed by atoms with Gasteiger partial charge in [0, 0.05) is 18.4 Å². The van der Waals surface area contributed by atoms with E-state index in [1.165, 1.54) is 12.1 Å². The van der Waals surface area contributed by atoms with Gasteiger partial charge in [-0.05, 0) is 42.1 Å². The number of rotatable bonds is 3. The first-order chi connectivity index (χ1) is 12.3. The Morgan fingerprint density at radius 2 is 1.96 bits per heavy atom. The zero-order valence-corrected chi connectivity index (χ0v) is 14.6. The van der Waals surface area contributed by atoms with Crippen LogP contribution in [0.25, 0.3) is 0 Å². The molecular weight excluding hydrogens is 391 g/mol. The van der Waals surface area contributed by atoms with Crippen molar-refractivity contribution in [3.8, 4) is 0 Å². The number of halogens is 4. The summed E-state index contributed by atoms with van der Waals surface area (Å²) in [5.41, 5.74) is -0.0327. The third-order valence-electron chi connectivity index (χ3n) is 3.55. The van der Waals surface area contributed by atoms with Gasteiger partial charge in [0.25, 0.3) is 0 Å². The molecule has 1 aliphatic heterocycles. The first-order valence-corrected chi connectivity index (χ1v) is 8.51. The predicted octanol–water partition coefficient (Wildman–Crippen LogP) is 4.42. The van der Waals surface area contributed by atoms with E-state index in [2.05, 4.69) is 9.98 Å². The second kappa shape index (κ2) is 7.16. The van der Waals surface area contributed by atoms with Gasteiger partial charge in [-0.3, -0.25) is 4.99 Å². The molecule has 0 fully saturated rings. The molecule has 136 valence electrons. The Kier molecular flexibility index (Phi) is 5.10. The van der Waals surface area contributed by atoms with Gasteiger partial charge in [-0.25, -0.2) is 9.78 Å². The molecule has 0 saturated carbocycles. The molecule has 0 aliphatic carbocycles. The van der Waals surface area contributed by atoms with Crippen molar-refractivity contribution in [2.45, 2.75) is 11.2 Å². The lowest BCUT2D eigenvalue weighted by molar-refractivity contribution is -0.137. The van der Waals surface area contributed by atoms with E-state index in [-0.39, 0.29) is 15.6 Å². The molecule has 0 unspecified atom stereocenters. The number of carboxylic acid groups (broad SMARTS) is 1. The van der Waals surface area contributed by atoms with Crippen LogP contribution in [0.5, 0.6) is 0 Å². The fourth-order valence-electron chi connectivity index (χ4n) is 2.28. The monoisotopic (exact) mass is 401 g/mol. The van der Waals surface area contributed by atoms with Crippen LogP contribution in [0, 0.1) is 0 Å². The van der Waals surface area contributed by atoms with E-state index in [0.717, 1.165) is 29.7 Å². The number of aliphatic imine (C=N–C) groups is 1. The first-order valence-electron chi connectivity index (χ1n) is 7.31. The van der Waals surface area contributed by atoms with Crippen molar-refractivity contribution in [1.29, 1.82) is 0 Å². The van der Waals surface area contributed by atoms with Gasteiger partial charge in [-0.15, -0.1) is 0 Å². The summed E-state index contributed by atoms with van der Waals surface area (Å²) in [6.45, 7) is 1.06. The smallest absolute Gasteiger partial charge is 0.417 e. The van der Waals surface area contributed by atoms with Gasteiger partial charge in [0.15, 0.2) is 5.17 Å². The van der Waals surface area contributed by atoms with Crippen molar-refractivity contribution < 1.29 is 23.1 Å². The molecule has 1 N–H and O–H groups in total. The van der Waals surface area contributed by atoms with Crippen LogP contribution in [0.3, 0.4) is 0 Å². The number of amidine groups is 1. The lowest BCUT2D eigenvalue weighted by Crippen LogP contribution is -2.25. The Hall–Kier alpha value is -2.26. The summed E-state index contributed by atoms with van der Waals surface area (Å²) in [5.74, 6) is -1.03. The summed E-state index contributed by atoms with van der Waals surface area (Å²) in [6, 6.07) is 7.07. The number of carbonyl (C=O) groups is 1. The minimum atomic E-state index is -4.51. The molecule has 2 heterocycles. The highest BCUT2D eigenvalue weighted by atomic mass is 35.5. The van der Waals surface area contributed by atoms with Crippen LogP contribution in [-0.4, -0.2) is 34.3 Å². The standard InChI is InChI=1S/C16H11ClF3N3O2S/c17-12-7-10(16(18,19)20)8-22-13(12)26-15-21-5-6-23(15)11-3-1-9(2-4-11)14(24)25/h1-4,7-8H,5-6H2,(H,24,25). The van der Waals surface area contributed by atoms with Crippen LogP contribution >= 0.6 is 23.4 Å². The fourth-order valence-corrected chi connectivity index (χ4v) is 3.46. The third kappa shape index (κ3) is 3.94. The summed E-state index contributed by atoms with van der Waals surface area (Å²) in [5, 5.41) is 9.59. The molecular formula is C16H11ClF3N3O2S. The molecule has 0 amide bonds. The molecule has 3 rings (SSSR count). The second-order valence-electron chi connectivity index (χ2n) is 5.28. The van der Waals surface area contributed by atoms with Gasteiger partial charge >= 0.3 is 12.1 Å². The Morgan fingerprint density at radius 1 is 1.27 bits per heavy atom. The van der Waals surface area contributed by atoms with Gasteiger partial charge in [-0.2, -0.15) is 13.2 Å². The van der Waals surface area contributed by atoms with Gasteiger partial charge < -0.3 is 10.0 Å². The fraction of sp³-hybridized carbons (Fsp3) is 0.188. The average Bonchev–Trinajstić information content (AvgIpc) is 3.04. The number of pyridine rings is 1. The topological polar surface area (TPSA) is 65.8 Å². The van der Waals surface area contributed by atoms with E-state index in [1.54, 1.807) is 12.1 Å². The van der Waals surface area contributed by atoms with Crippen molar-refractivity contribution in [1.82, 2.24) is 4.98 Å². The number of carboxylic acids is 1. The number of nitrogens with zero attached hydrogens (tertiary/aromatic N) is 3. The van der Waals surface area contributed by atoms with Crippen LogP contribution in [-0.2, 0) is 6.18 Å². The van der Waals surface area contributed by atoms with Crippen molar-refractivity contribution in [3.05, 3.63) is 52.7 Å². The number of aromatic nitrogens is 1. The second-order valence-corrected chi connectivity index (χ2v) is 6.64. The van der Waals surface area contributed by atoms with Gasteiger partial charge in [-0.1, -0.05) is 11.6 Å². The molecule has 5 nitrogen and oxygen atoms in total. The summed E-state index contributed by atoms with van der Waals surface area (Å²) in [6.07, 6.45) is -3.78. The van der Waals surface area contributed by atoms with E-state index in [9.17, 15) is 18.0 Å². The maximum absolute atomic E-state index is 12.7. The number of alkyl halides is 3. The molecule has 26 heavy (non-hydrogen) atoms. The molecule has 10 heteroatoms. The molecule has 0 saturated heterocycles. The Bertz CT molecular complexity index is 872. The number of hydrogen-bond donors (Lipinski definition) is 1. The zero-order chi connectivity index (χ0) is 18.9. The lowest BCUT2D eigenvalue weighted by Gasteiger charge is -2.20. The summed E-state index contributed by atoms with van der Waals surface area (Å²) >= 11 is 7.00. The molecule has 1 aromatic carbocycles. The van der Waals surface area contributed by atoms with Crippen molar-refractivity contribution in [2.75, 3.05) is 18.0 Å². The minimum absolute atomic E-state index is 0.111. The number of anilines is 1. The molecule has 0 atom stereocenters. The zero-order valence-electron chi connectivity index (χ0n) is 13.0. The normalized spacial score (nSPS) is 14.5. The Morgan fingerprint density at radius 3 is 2.54 bits per heavy atom. The number of benzene rings is 1. The highest BCUT2D eigenvalue weighted by molar-refractivity contribution is 8.14. The first kappa shape index (κ1) is 18.5. The van der Waals surface area contributed by atoms with E-state index in [0.29, 0.717) is 18.3 Å². The van der Waals surface area contributed by atoms with Crippen LogP contribution in [0.4, 0.5) is 18.9 Å². The molecule has 2 aromatic rings. The van der Waals surface area contributed by atoms with Crippen LogP contribution < -0.4 is 4.90 Å². The Labute approximate surface area is 155 Å². The quantitative estimate of drug-likeness (QED) is 0.824. The van der Waals surface area contributed by atoms with Gasteiger partial charge in [0.2, 0.25) is 0 Å². The predicted molar refractivity (Wildman–Crippen MR) is 93.2 cm³/mol. The lowest BCUT2D eigenvalue weighted by atomic mass is 10.2. The highest BCUT2D eigenvalue weighted by Gasteiger charge is 2.32. The Balaban J connectivity index is 1.80. The van der Waals surface area contributed by atoms with Crippen molar-refractivity contribution in [2.24, 2.45) is 4.99 Å². The van der Waals surface area contributed by atoms with E-state index in [4.69, 9.17) is 16.7 Å². The number of hydrogen-bond acceptors (Lipinski definition) is 5. The molecule has 1 aromatic heterocycles. The largest absolute Gasteiger partial charge is 0.478 e. The summed E-state index contributed by atoms with van der Waals surface area (Å²) in [7, 11) is 0. The molecule has 1 aliphatic rings. The highest BCUT2D eigenvalue weighted by Crippen LogP contribution is 2.35. The van der Waals surface area contributed by atoms with Gasteiger partial charge in [0.05, 0.1) is 22.7 Å². The maximum Gasteiger partial charge on any atom is 0.417 e. The molecule has 0 spiro atoms. The average molecular weight is 402 g/mol. The summed E-state index contributed by atoms with van der Waals surface area (Å²) in [4.78, 5) is 20.9. The third-order valence-corrected chi connectivity index (χ3v) is 5.00. The van der Waals surface area contributed by atoms with E-state index < -0.39 is 17.7 Å². The molecule has 0 bridgehead atoms. The maximum atomic E-state index is 12.7.